The van der Waals surface area contributed by atoms with Crippen LogP contribution in [0.2, 0.25) is 5.02 Å². The first-order valence-electron chi connectivity index (χ1n) is 7.31. The Morgan fingerprint density at radius 2 is 1.52 bits per heavy atom. The minimum Gasteiger partial charge on any atom is -0.457 e. The van der Waals surface area contributed by atoms with Crippen molar-refractivity contribution in [3.8, 4) is 11.5 Å². The number of aromatic nitrogens is 1. The number of hydrogen-bond acceptors (Lipinski definition) is 3. The summed E-state index contributed by atoms with van der Waals surface area (Å²) in [6.07, 6.45) is 3.31. The normalized spacial score (nSPS) is 10.2. The molecule has 0 atom stereocenters. The van der Waals surface area contributed by atoms with Crippen molar-refractivity contribution < 1.29 is 9.53 Å². The maximum absolute atomic E-state index is 12.0. The van der Waals surface area contributed by atoms with Gasteiger partial charge in [0.1, 0.15) is 11.5 Å². The van der Waals surface area contributed by atoms with E-state index in [1.165, 1.54) is 0 Å². The summed E-state index contributed by atoms with van der Waals surface area (Å²) in [5, 5.41) is 6.07. The van der Waals surface area contributed by atoms with Gasteiger partial charge >= 0.3 is 6.03 Å². The molecule has 126 valence electrons. The average molecular weight is 419 g/mol. The molecule has 0 radical (unpaired) electrons. The molecule has 2 amide bonds. The highest BCUT2D eigenvalue weighted by atomic mass is 79.9. The van der Waals surface area contributed by atoms with E-state index in [1.54, 1.807) is 67.0 Å². The number of amides is 2. The standard InChI is InChI=1S/C18H13BrClN3O2/c19-16-11-13(3-6-17(16)20)23-18(24)22-12-1-4-14(5-2-12)25-15-7-9-21-10-8-15/h1-11H,(H2,22,23,24). The number of pyridine rings is 1. The Hall–Kier alpha value is -2.57. The molecule has 5 nitrogen and oxygen atoms in total. The van der Waals surface area contributed by atoms with E-state index in [1.807, 2.05) is 0 Å². The van der Waals surface area contributed by atoms with Gasteiger partial charge in [-0.2, -0.15) is 0 Å². The Kier molecular flexibility index (Phi) is 5.53. The molecule has 3 aromatic rings. The molecular formula is C18H13BrClN3O2. The van der Waals surface area contributed by atoms with Crippen molar-refractivity contribution in [2.24, 2.45) is 0 Å². The van der Waals surface area contributed by atoms with Crippen LogP contribution >= 0.6 is 27.5 Å². The molecule has 3 rings (SSSR count). The molecule has 1 heterocycles. The second-order valence-corrected chi connectivity index (χ2v) is 6.28. The van der Waals surface area contributed by atoms with Gasteiger partial charge in [-0.15, -0.1) is 0 Å². The zero-order valence-electron chi connectivity index (χ0n) is 12.9. The second kappa shape index (κ2) is 8.00. The first-order chi connectivity index (χ1) is 12.1. The molecule has 0 aliphatic heterocycles. The lowest BCUT2D eigenvalue weighted by Gasteiger charge is -2.10. The summed E-state index contributed by atoms with van der Waals surface area (Å²) >= 11 is 9.25. The average Bonchev–Trinajstić information content (AvgIpc) is 2.61. The Morgan fingerprint density at radius 3 is 2.20 bits per heavy atom. The summed E-state index contributed by atoms with van der Waals surface area (Å²) in [5.41, 5.74) is 1.28. The topological polar surface area (TPSA) is 63.2 Å². The third-order valence-corrected chi connectivity index (χ3v) is 4.39. The molecule has 0 spiro atoms. The number of rotatable bonds is 4. The van der Waals surface area contributed by atoms with E-state index in [0.717, 1.165) is 0 Å². The Labute approximate surface area is 158 Å². The molecule has 2 N–H and O–H groups in total. The lowest BCUT2D eigenvalue weighted by atomic mass is 10.3. The lowest BCUT2D eigenvalue weighted by molar-refractivity contribution is 0.262. The maximum atomic E-state index is 12.0. The Morgan fingerprint density at radius 1 is 0.920 bits per heavy atom. The molecule has 2 aromatic carbocycles. The van der Waals surface area contributed by atoms with Crippen molar-refractivity contribution in [2.75, 3.05) is 10.6 Å². The fourth-order valence-electron chi connectivity index (χ4n) is 2.02. The van der Waals surface area contributed by atoms with Crippen LogP contribution in [0.15, 0.2) is 71.5 Å². The van der Waals surface area contributed by atoms with Crippen LogP contribution in [-0.2, 0) is 0 Å². The molecule has 0 saturated carbocycles. The van der Waals surface area contributed by atoms with E-state index >= 15 is 0 Å². The number of carbonyl (C=O) groups is 1. The van der Waals surface area contributed by atoms with Crippen molar-refractivity contribution in [3.63, 3.8) is 0 Å². The number of carbonyl (C=O) groups excluding carboxylic acids is 1. The summed E-state index contributed by atoms with van der Waals surface area (Å²) in [5.74, 6) is 1.36. The summed E-state index contributed by atoms with van der Waals surface area (Å²) < 4.78 is 6.38. The number of benzene rings is 2. The van der Waals surface area contributed by atoms with Gasteiger partial charge in [-0.25, -0.2) is 4.79 Å². The van der Waals surface area contributed by atoms with Gasteiger partial charge in [0.15, 0.2) is 0 Å². The number of urea groups is 1. The van der Waals surface area contributed by atoms with Gasteiger partial charge in [-0.05, 0) is 70.5 Å². The van der Waals surface area contributed by atoms with E-state index in [9.17, 15) is 4.79 Å². The fraction of sp³-hybridized carbons (Fsp3) is 0. The van der Waals surface area contributed by atoms with E-state index in [4.69, 9.17) is 16.3 Å². The van der Waals surface area contributed by atoms with Crippen molar-refractivity contribution in [2.45, 2.75) is 0 Å². The van der Waals surface area contributed by atoms with Gasteiger partial charge < -0.3 is 15.4 Å². The first kappa shape index (κ1) is 17.3. The minimum atomic E-state index is -0.350. The van der Waals surface area contributed by atoms with Gasteiger partial charge in [0.2, 0.25) is 0 Å². The zero-order chi connectivity index (χ0) is 17.6. The molecule has 0 aliphatic rings. The molecule has 7 heteroatoms. The Bertz CT molecular complexity index is 873. The molecular weight excluding hydrogens is 406 g/mol. The van der Waals surface area contributed by atoms with Crippen LogP contribution in [-0.4, -0.2) is 11.0 Å². The molecule has 0 fully saturated rings. The molecule has 0 unspecified atom stereocenters. The quantitative estimate of drug-likeness (QED) is 0.551. The first-order valence-corrected chi connectivity index (χ1v) is 8.48. The molecule has 1 aromatic heterocycles. The largest absolute Gasteiger partial charge is 0.457 e. The highest BCUT2D eigenvalue weighted by Gasteiger charge is 2.05. The van der Waals surface area contributed by atoms with Crippen molar-refractivity contribution in [1.82, 2.24) is 4.98 Å². The number of nitrogens with one attached hydrogen (secondary N) is 2. The van der Waals surface area contributed by atoms with Gasteiger partial charge in [-0.3, -0.25) is 4.98 Å². The number of halogens is 2. The Balaban J connectivity index is 1.59. The molecule has 25 heavy (non-hydrogen) atoms. The SMILES string of the molecule is O=C(Nc1ccc(Oc2ccncc2)cc1)Nc1ccc(Cl)c(Br)c1. The molecule has 0 bridgehead atoms. The minimum absolute atomic E-state index is 0.350. The molecule has 0 aliphatic carbocycles. The summed E-state index contributed by atoms with van der Waals surface area (Å²) in [7, 11) is 0. The lowest BCUT2D eigenvalue weighted by Crippen LogP contribution is -2.19. The van der Waals surface area contributed by atoms with Crippen LogP contribution in [0.25, 0.3) is 0 Å². The van der Waals surface area contributed by atoms with Crippen molar-refractivity contribution in [3.05, 3.63) is 76.5 Å². The third kappa shape index (κ3) is 4.95. The van der Waals surface area contributed by atoms with Gasteiger partial charge in [0, 0.05) is 28.2 Å². The smallest absolute Gasteiger partial charge is 0.323 e. The van der Waals surface area contributed by atoms with E-state index in [2.05, 4.69) is 31.5 Å². The van der Waals surface area contributed by atoms with Crippen molar-refractivity contribution >= 4 is 44.9 Å². The monoisotopic (exact) mass is 417 g/mol. The van der Waals surface area contributed by atoms with Crippen LogP contribution in [0.4, 0.5) is 16.2 Å². The summed E-state index contributed by atoms with van der Waals surface area (Å²) in [6.45, 7) is 0. The molecule has 0 saturated heterocycles. The number of anilines is 2. The number of ether oxygens (including phenoxy) is 1. The van der Waals surface area contributed by atoms with Crippen LogP contribution in [0.5, 0.6) is 11.5 Å². The highest BCUT2D eigenvalue weighted by Crippen LogP contribution is 2.26. The summed E-state index contributed by atoms with van der Waals surface area (Å²) in [6, 6.07) is 15.4. The van der Waals surface area contributed by atoms with Crippen LogP contribution in [0.3, 0.4) is 0 Å². The van der Waals surface area contributed by atoms with Gasteiger partial charge in [0.25, 0.3) is 0 Å². The number of nitrogens with zero attached hydrogens (tertiary/aromatic N) is 1. The van der Waals surface area contributed by atoms with Crippen LogP contribution in [0, 0.1) is 0 Å². The van der Waals surface area contributed by atoms with E-state index < -0.39 is 0 Å². The highest BCUT2D eigenvalue weighted by molar-refractivity contribution is 9.10. The van der Waals surface area contributed by atoms with Crippen LogP contribution in [0.1, 0.15) is 0 Å². The van der Waals surface area contributed by atoms with Gasteiger partial charge in [0.05, 0.1) is 5.02 Å². The van der Waals surface area contributed by atoms with Gasteiger partial charge in [-0.1, -0.05) is 11.6 Å². The predicted octanol–water partition coefficient (Wildman–Crippen LogP) is 5.93. The number of hydrogen-bond donors (Lipinski definition) is 2. The third-order valence-electron chi connectivity index (χ3n) is 3.18. The second-order valence-electron chi connectivity index (χ2n) is 5.02. The maximum Gasteiger partial charge on any atom is 0.323 e. The van der Waals surface area contributed by atoms with E-state index in [-0.39, 0.29) is 6.03 Å². The fourth-order valence-corrected chi connectivity index (χ4v) is 2.51. The van der Waals surface area contributed by atoms with E-state index in [0.29, 0.717) is 32.4 Å². The van der Waals surface area contributed by atoms with Crippen molar-refractivity contribution in [1.29, 1.82) is 0 Å². The van der Waals surface area contributed by atoms with Crippen LogP contribution < -0.4 is 15.4 Å². The predicted molar refractivity (Wildman–Crippen MR) is 103 cm³/mol. The zero-order valence-corrected chi connectivity index (χ0v) is 15.2. The summed E-state index contributed by atoms with van der Waals surface area (Å²) in [4.78, 5) is 16.0.